The second-order valence-electron chi connectivity index (χ2n) is 11.4. The van der Waals surface area contributed by atoms with Crippen LogP contribution in [0.2, 0.25) is 0 Å². The van der Waals surface area contributed by atoms with Crippen molar-refractivity contribution in [2.75, 3.05) is 19.7 Å². The Morgan fingerprint density at radius 3 is 1.63 bits per heavy atom. The lowest BCUT2D eigenvalue weighted by molar-refractivity contribution is -0.150. The van der Waals surface area contributed by atoms with Crippen molar-refractivity contribution in [2.24, 2.45) is 0 Å². The maximum absolute atomic E-state index is 13.1. The molecule has 5 nitrogen and oxygen atoms in total. The Morgan fingerprint density at radius 2 is 1.16 bits per heavy atom. The molecule has 0 radical (unpaired) electrons. The van der Waals surface area contributed by atoms with E-state index in [0.717, 1.165) is 44.5 Å². The first-order valence-electron chi connectivity index (χ1n) is 16.6. The van der Waals surface area contributed by atoms with E-state index in [0.29, 0.717) is 13.0 Å². The van der Waals surface area contributed by atoms with E-state index in [-0.39, 0.29) is 12.0 Å². The zero-order valence-corrected chi connectivity index (χ0v) is 25.6. The number of aromatic amines is 1. The quantitative estimate of drug-likeness (QED) is 0.0860. The summed E-state index contributed by atoms with van der Waals surface area (Å²) in [5.74, 6) is -0.0685. The minimum absolute atomic E-state index is 0.0685. The van der Waals surface area contributed by atoms with Gasteiger partial charge < -0.3 is 9.72 Å². The Balaban J connectivity index is 2.28. The highest BCUT2D eigenvalue weighted by Crippen LogP contribution is 2.16. The van der Waals surface area contributed by atoms with Gasteiger partial charge in [-0.15, -0.1) is 0 Å². The third kappa shape index (κ3) is 18.8. The molecule has 1 rings (SSSR count). The van der Waals surface area contributed by atoms with Gasteiger partial charge in [0.2, 0.25) is 0 Å². The van der Waals surface area contributed by atoms with Crippen molar-refractivity contribution in [3.05, 3.63) is 18.2 Å². The second-order valence-corrected chi connectivity index (χ2v) is 11.4. The molecule has 1 unspecified atom stereocenters. The molecular formula is C33H63N3O2. The normalized spacial score (nSPS) is 12.3. The van der Waals surface area contributed by atoms with Crippen LogP contribution in [-0.4, -0.2) is 46.6 Å². The molecule has 0 saturated carbocycles. The van der Waals surface area contributed by atoms with Crippen LogP contribution in [0.5, 0.6) is 0 Å². The fourth-order valence-corrected chi connectivity index (χ4v) is 5.23. The van der Waals surface area contributed by atoms with E-state index in [1.807, 2.05) is 6.20 Å². The molecular weight excluding hydrogens is 470 g/mol. The summed E-state index contributed by atoms with van der Waals surface area (Å²) >= 11 is 0. The van der Waals surface area contributed by atoms with Gasteiger partial charge in [-0.3, -0.25) is 9.69 Å². The Morgan fingerprint density at radius 1 is 0.711 bits per heavy atom. The van der Waals surface area contributed by atoms with Crippen molar-refractivity contribution < 1.29 is 9.53 Å². The summed E-state index contributed by atoms with van der Waals surface area (Å²) in [6.07, 6.45) is 31.8. The number of carbonyl (C=O) groups is 1. The molecule has 0 amide bonds. The highest BCUT2D eigenvalue weighted by Gasteiger charge is 2.27. The smallest absolute Gasteiger partial charge is 0.323 e. The zero-order chi connectivity index (χ0) is 27.5. The van der Waals surface area contributed by atoms with E-state index >= 15 is 0 Å². The van der Waals surface area contributed by atoms with E-state index in [4.69, 9.17) is 4.74 Å². The van der Waals surface area contributed by atoms with Crippen molar-refractivity contribution in [1.29, 1.82) is 0 Å². The minimum atomic E-state index is -0.222. The molecule has 0 saturated heterocycles. The first kappa shape index (κ1) is 34.7. The fraction of sp³-hybridized carbons (Fsp3) is 0.879. The molecule has 0 spiro atoms. The average Bonchev–Trinajstić information content (AvgIpc) is 3.44. The van der Waals surface area contributed by atoms with Gasteiger partial charge in [-0.1, -0.05) is 136 Å². The second kappa shape index (κ2) is 25.9. The number of rotatable bonds is 28. The van der Waals surface area contributed by atoms with E-state index in [2.05, 4.69) is 35.6 Å². The van der Waals surface area contributed by atoms with Gasteiger partial charge >= 0.3 is 5.97 Å². The number of nitrogens with zero attached hydrogens (tertiary/aromatic N) is 2. The Bertz CT molecular complexity index is 620. The van der Waals surface area contributed by atoms with Gasteiger partial charge in [0, 0.05) is 18.3 Å². The average molecular weight is 534 g/mol. The highest BCUT2D eigenvalue weighted by molar-refractivity contribution is 5.76. The molecule has 0 bridgehead atoms. The molecule has 0 aromatic carbocycles. The van der Waals surface area contributed by atoms with Gasteiger partial charge in [0.1, 0.15) is 6.04 Å². The molecule has 0 aliphatic heterocycles. The summed E-state index contributed by atoms with van der Waals surface area (Å²) in [5, 5.41) is 0. The van der Waals surface area contributed by atoms with Crippen molar-refractivity contribution in [1.82, 2.24) is 14.9 Å². The molecule has 38 heavy (non-hydrogen) atoms. The number of imidazole rings is 1. The summed E-state index contributed by atoms with van der Waals surface area (Å²) in [4.78, 5) is 22.8. The summed E-state index contributed by atoms with van der Waals surface area (Å²) in [6.45, 7) is 9.12. The third-order valence-electron chi connectivity index (χ3n) is 7.77. The molecule has 1 heterocycles. The lowest BCUT2D eigenvalue weighted by Crippen LogP contribution is -2.45. The topological polar surface area (TPSA) is 58.2 Å². The third-order valence-corrected chi connectivity index (χ3v) is 7.77. The molecule has 0 aliphatic carbocycles. The van der Waals surface area contributed by atoms with E-state index in [1.165, 1.54) is 109 Å². The number of esters is 1. The van der Waals surface area contributed by atoms with E-state index in [1.54, 1.807) is 6.33 Å². The van der Waals surface area contributed by atoms with Crippen LogP contribution in [0.25, 0.3) is 0 Å². The number of aromatic nitrogens is 2. The summed E-state index contributed by atoms with van der Waals surface area (Å²) in [6, 6.07) is -0.222. The van der Waals surface area contributed by atoms with E-state index < -0.39 is 0 Å². The molecule has 1 aromatic heterocycles. The SMILES string of the molecule is CCCCCCCCCCCCCCCCCCN(CCCCC)C(Cc1cnc[nH]1)C(=O)OCCCC. The molecule has 1 atom stereocenters. The molecule has 1 aromatic rings. The maximum Gasteiger partial charge on any atom is 0.323 e. The Kier molecular flexibility index (Phi) is 23.6. The van der Waals surface area contributed by atoms with Gasteiger partial charge in [0.15, 0.2) is 0 Å². The summed E-state index contributed by atoms with van der Waals surface area (Å²) in [7, 11) is 0. The lowest BCUT2D eigenvalue weighted by atomic mass is 10.0. The van der Waals surface area contributed by atoms with Crippen LogP contribution in [0.3, 0.4) is 0 Å². The van der Waals surface area contributed by atoms with Crippen LogP contribution < -0.4 is 0 Å². The Labute approximate surface area is 236 Å². The molecule has 1 N–H and O–H groups in total. The predicted octanol–water partition coefficient (Wildman–Crippen LogP) is 9.42. The minimum Gasteiger partial charge on any atom is -0.465 e. The lowest BCUT2D eigenvalue weighted by Gasteiger charge is -2.30. The zero-order valence-electron chi connectivity index (χ0n) is 25.6. The first-order chi connectivity index (χ1) is 18.7. The summed E-state index contributed by atoms with van der Waals surface area (Å²) < 4.78 is 5.70. The standard InChI is InChI=1S/C33H63N3O2/c1-4-7-10-11-12-13-14-15-16-17-18-19-20-21-22-24-26-36(25-23-8-5-2)32(28-31-29-34-30-35-31)33(37)38-27-9-6-3/h29-30,32H,4-28H2,1-3H3,(H,34,35). The maximum atomic E-state index is 13.1. The number of hydrogen-bond donors (Lipinski definition) is 1. The van der Waals surface area contributed by atoms with Gasteiger partial charge in [-0.2, -0.15) is 0 Å². The van der Waals surface area contributed by atoms with Crippen molar-refractivity contribution >= 4 is 5.97 Å². The van der Waals surface area contributed by atoms with Crippen molar-refractivity contribution in [3.8, 4) is 0 Å². The van der Waals surface area contributed by atoms with Crippen LogP contribution in [-0.2, 0) is 16.0 Å². The highest BCUT2D eigenvalue weighted by atomic mass is 16.5. The number of ether oxygens (including phenoxy) is 1. The van der Waals surface area contributed by atoms with Crippen LogP contribution in [0, 0.1) is 0 Å². The van der Waals surface area contributed by atoms with Crippen LogP contribution in [0.15, 0.2) is 12.5 Å². The molecule has 222 valence electrons. The molecule has 5 heteroatoms. The molecule has 0 aliphatic rings. The largest absolute Gasteiger partial charge is 0.465 e. The Hall–Kier alpha value is -1.36. The van der Waals surface area contributed by atoms with Crippen LogP contribution in [0.4, 0.5) is 0 Å². The molecule has 0 fully saturated rings. The monoisotopic (exact) mass is 533 g/mol. The number of carbonyl (C=O) groups excluding carboxylic acids is 1. The van der Waals surface area contributed by atoms with Crippen molar-refractivity contribution in [3.63, 3.8) is 0 Å². The van der Waals surface area contributed by atoms with Crippen LogP contribution in [0.1, 0.15) is 161 Å². The summed E-state index contributed by atoms with van der Waals surface area (Å²) in [5.41, 5.74) is 1.01. The number of hydrogen-bond acceptors (Lipinski definition) is 4. The number of unbranched alkanes of at least 4 members (excludes halogenated alkanes) is 18. The number of H-pyrrole nitrogens is 1. The van der Waals surface area contributed by atoms with E-state index in [9.17, 15) is 4.79 Å². The first-order valence-corrected chi connectivity index (χ1v) is 16.6. The predicted molar refractivity (Wildman–Crippen MR) is 163 cm³/mol. The van der Waals surface area contributed by atoms with Crippen molar-refractivity contribution in [2.45, 2.75) is 168 Å². The number of nitrogens with one attached hydrogen (secondary N) is 1. The van der Waals surface area contributed by atoms with Gasteiger partial charge in [0.25, 0.3) is 0 Å². The fourth-order valence-electron chi connectivity index (χ4n) is 5.23. The van der Waals surface area contributed by atoms with Gasteiger partial charge in [0.05, 0.1) is 12.9 Å². The van der Waals surface area contributed by atoms with Gasteiger partial charge in [-0.25, -0.2) is 4.98 Å². The van der Waals surface area contributed by atoms with Gasteiger partial charge in [-0.05, 0) is 32.4 Å². The van der Waals surface area contributed by atoms with Crippen LogP contribution >= 0.6 is 0 Å².